The third kappa shape index (κ3) is 4.77. The van der Waals surface area contributed by atoms with Crippen molar-refractivity contribution in [2.45, 2.75) is 65.2 Å². The molecule has 0 aliphatic heterocycles. The van der Waals surface area contributed by atoms with Gasteiger partial charge < -0.3 is 13.9 Å². The molecule has 0 N–H and O–H groups in total. The Bertz CT molecular complexity index is 746. The molecule has 2 aromatic rings. The first-order valence-corrected chi connectivity index (χ1v) is 9.30. The average Bonchev–Trinajstić information content (AvgIpc) is 2.62. The molecule has 4 nitrogen and oxygen atoms in total. The maximum atomic E-state index is 12.2. The van der Waals surface area contributed by atoms with Crippen LogP contribution in [0.25, 0.3) is 11.0 Å². The number of benzene rings is 1. The summed E-state index contributed by atoms with van der Waals surface area (Å²) in [5, 5.41) is 0.895. The minimum atomic E-state index is -0.277. The molecule has 0 amide bonds. The Morgan fingerprint density at radius 1 is 0.960 bits per heavy atom. The molecule has 138 valence electrons. The zero-order valence-electron chi connectivity index (χ0n) is 15.9. The van der Waals surface area contributed by atoms with Gasteiger partial charge in [-0.05, 0) is 25.3 Å². The third-order valence-electron chi connectivity index (χ3n) is 4.79. The maximum Gasteiger partial charge on any atom is 0.339 e. The van der Waals surface area contributed by atoms with Crippen LogP contribution < -0.4 is 15.1 Å². The molecule has 0 aliphatic rings. The van der Waals surface area contributed by atoms with Crippen LogP contribution in [-0.2, 0) is 6.42 Å². The van der Waals surface area contributed by atoms with Crippen LogP contribution in [0.1, 0.15) is 63.0 Å². The van der Waals surface area contributed by atoms with Gasteiger partial charge >= 0.3 is 5.63 Å². The van der Waals surface area contributed by atoms with E-state index in [9.17, 15) is 4.79 Å². The lowest BCUT2D eigenvalue weighted by atomic mass is 9.98. The van der Waals surface area contributed by atoms with Crippen molar-refractivity contribution in [3.8, 4) is 11.5 Å². The number of unbranched alkanes of at least 4 members (excludes halogenated alkanes) is 6. The van der Waals surface area contributed by atoms with Crippen molar-refractivity contribution in [2.75, 3.05) is 14.2 Å². The third-order valence-corrected chi connectivity index (χ3v) is 4.79. The molecule has 0 fully saturated rings. The van der Waals surface area contributed by atoms with Crippen molar-refractivity contribution in [1.29, 1.82) is 0 Å². The van der Waals surface area contributed by atoms with E-state index in [0.717, 1.165) is 23.8 Å². The maximum absolute atomic E-state index is 12.2. The van der Waals surface area contributed by atoms with Crippen molar-refractivity contribution < 1.29 is 13.9 Å². The SMILES string of the molecule is CCCCCCCCCc1c(C)c(=O)oc2cc(OC)cc(OC)c12. The molecule has 0 aliphatic carbocycles. The highest BCUT2D eigenvalue weighted by Gasteiger charge is 2.16. The van der Waals surface area contributed by atoms with Gasteiger partial charge in [-0.1, -0.05) is 45.4 Å². The Kier molecular flexibility index (Phi) is 7.35. The number of methoxy groups -OCH3 is 2. The number of hydrogen-bond donors (Lipinski definition) is 0. The normalized spacial score (nSPS) is 11.0. The van der Waals surface area contributed by atoms with E-state index in [4.69, 9.17) is 13.9 Å². The van der Waals surface area contributed by atoms with E-state index in [-0.39, 0.29) is 5.63 Å². The molecule has 1 aromatic carbocycles. The van der Waals surface area contributed by atoms with Crippen molar-refractivity contribution in [2.24, 2.45) is 0 Å². The van der Waals surface area contributed by atoms with E-state index < -0.39 is 0 Å². The van der Waals surface area contributed by atoms with E-state index in [1.54, 1.807) is 20.3 Å². The minimum Gasteiger partial charge on any atom is -0.496 e. The lowest BCUT2D eigenvalue weighted by molar-refractivity contribution is 0.395. The molecule has 0 radical (unpaired) electrons. The first kappa shape index (κ1) is 19.4. The van der Waals surface area contributed by atoms with Crippen molar-refractivity contribution in [3.05, 3.63) is 33.7 Å². The Morgan fingerprint density at radius 3 is 2.28 bits per heavy atom. The first-order chi connectivity index (χ1) is 12.1. The average molecular weight is 346 g/mol. The Morgan fingerprint density at radius 2 is 1.64 bits per heavy atom. The van der Waals surface area contributed by atoms with Crippen LogP contribution in [0.2, 0.25) is 0 Å². The van der Waals surface area contributed by atoms with Crippen molar-refractivity contribution in [1.82, 2.24) is 0 Å². The zero-order valence-corrected chi connectivity index (χ0v) is 15.9. The summed E-state index contributed by atoms with van der Waals surface area (Å²) < 4.78 is 16.3. The monoisotopic (exact) mass is 346 g/mol. The van der Waals surface area contributed by atoms with E-state index in [2.05, 4.69) is 6.92 Å². The lowest BCUT2D eigenvalue weighted by Crippen LogP contribution is -2.09. The summed E-state index contributed by atoms with van der Waals surface area (Å²) in [5.41, 5.74) is 1.98. The number of ether oxygens (including phenoxy) is 2. The molecule has 2 rings (SSSR count). The molecule has 0 atom stereocenters. The summed E-state index contributed by atoms with van der Waals surface area (Å²) in [5.74, 6) is 1.32. The zero-order chi connectivity index (χ0) is 18.2. The van der Waals surface area contributed by atoms with Gasteiger partial charge in [0.25, 0.3) is 0 Å². The second-order valence-electron chi connectivity index (χ2n) is 6.57. The van der Waals surface area contributed by atoms with Crippen LogP contribution in [0.3, 0.4) is 0 Å². The highest BCUT2D eigenvalue weighted by molar-refractivity contribution is 5.89. The van der Waals surface area contributed by atoms with E-state index in [1.165, 1.54) is 38.5 Å². The van der Waals surface area contributed by atoms with Gasteiger partial charge in [0.05, 0.1) is 19.6 Å². The predicted molar refractivity (Wildman–Crippen MR) is 102 cm³/mol. The van der Waals surface area contributed by atoms with Gasteiger partial charge in [0.15, 0.2) is 0 Å². The molecule has 0 saturated heterocycles. The van der Waals surface area contributed by atoms with Gasteiger partial charge in [0, 0.05) is 17.7 Å². The second-order valence-corrected chi connectivity index (χ2v) is 6.57. The van der Waals surface area contributed by atoms with E-state index >= 15 is 0 Å². The fourth-order valence-electron chi connectivity index (χ4n) is 3.28. The molecular weight excluding hydrogens is 316 g/mol. The molecule has 1 heterocycles. The van der Waals surface area contributed by atoms with Crippen molar-refractivity contribution in [3.63, 3.8) is 0 Å². The van der Waals surface area contributed by atoms with E-state index in [0.29, 0.717) is 22.6 Å². The Hall–Kier alpha value is -1.97. The summed E-state index contributed by atoms with van der Waals surface area (Å²) in [6.07, 6.45) is 9.58. The molecular formula is C21H30O4. The predicted octanol–water partition coefficient (Wildman–Crippen LogP) is 5.41. The molecule has 1 aromatic heterocycles. The second kappa shape index (κ2) is 9.50. The van der Waals surface area contributed by atoms with Gasteiger partial charge in [-0.2, -0.15) is 0 Å². The van der Waals surface area contributed by atoms with Gasteiger partial charge in [-0.15, -0.1) is 0 Å². The van der Waals surface area contributed by atoms with Gasteiger partial charge in [0.1, 0.15) is 17.1 Å². The van der Waals surface area contributed by atoms with Gasteiger partial charge in [-0.25, -0.2) is 4.79 Å². The Labute approximate surface area is 150 Å². The van der Waals surface area contributed by atoms with Crippen LogP contribution in [0.4, 0.5) is 0 Å². The molecule has 0 spiro atoms. The van der Waals surface area contributed by atoms with E-state index in [1.807, 2.05) is 13.0 Å². The summed E-state index contributed by atoms with van der Waals surface area (Å²) in [6, 6.07) is 3.60. The topological polar surface area (TPSA) is 48.7 Å². The lowest BCUT2D eigenvalue weighted by Gasteiger charge is -2.13. The largest absolute Gasteiger partial charge is 0.496 e. The van der Waals surface area contributed by atoms with Crippen LogP contribution in [0, 0.1) is 6.92 Å². The summed E-state index contributed by atoms with van der Waals surface area (Å²) in [7, 11) is 3.22. The first-order valence-electron chi connectivity index (χ1n) is 9.30. The van der Waals surface area contributed by atoms with Crippen LogP contribution in [0.15, 0.2) is 21.3 Å². The number of hydrogen-bond acceptors (Lipinski definition) is 4. The van der Waals surface area contributed by atoms with Crippen LogP contribution in [-0.4, -0.2) is 14.2 Å². The molecule has 4 heteroatoms. The fraction of sp³-hybridized carbons (Fsp3) is 0.571. The smallest absolute Gasteiger partial charge is 0.339 e. The quantitative estimate of drug-likeness (QED) is 0.426. The van der Waals surface area contributed by atoms with Gasteiger partial charge in [-0.3, -0.25) is 0 Å². The molecule has 0 unspecified atom stereocenters. The molecule has 0 bridgehead atoms. The van der Waals surface area contributed by atoms with Crippen LogP contribution in [0.5, 0.6) is 11.5 Å². The summed E-state index contributed by atoms with van der Waals surface area (Å²) in [4.78, 5) is 12.2. The fourth-order valence-corrected chi connectivity index (χ4v) is 3.28. The Balaban J connectivity index is 2.22. The van der Waals surface area contributed by atoms with Crippen molar-refractivity contribution >= 4 is 11.0 Å². The minimum absolute atomic E-state index is 0.277. The number of rotatable bonds is 10. The van der Waals surface area contributed by atoms with Gasteiger partial charge in [0.2, 0.25) is 0 Å². The molecule has 25 heavy (non-hydrogen) atoms. The van der Waals surface area contributed by atoms with Crippen LogP contribution >= 0.6 is 0 Å². The highest BCUT2D eigenvalue weighted by Crippen LogP contribution is 2.34. The summed E-state index contributed by atoms with van der Waals surface area (Å²) >= 11 is 0. The number of aryl methyl sites for hydroxylation is 1. The standard InChI is InChI=1S/C21H30O4/c1-5-6-7-8-9-10-11-12-17-15(2)21(22)25-19-14-16(23-3)13-18(24-4)20(17)19/h13-14H,5-12H2,1-4H3. The number of fused-ring (bicyclic) bond motifs is 1. The molecule has 0 saturated carbocycles. The summed E-state index contributed by atoms with van der Waals surface area (Å²) in [6.45, 7) is 4.07. The highest BCUT2D eigenvalue weighted by atomic mass is 16.5.